The van der Waals surface area contributed by atoms with Gasteiger partial charge in [0.05, 0.1) is 12.8 Å². The number of hydrazine groups is 1. The summed E-state index contributed by atoms with van der Waals surface area (Å²) >= 11 is 0. The summed E-state index contributed by atoms with van der Waals surface area (Å²) in [6.07, 6.45) is -1.62. The van der Waals surface area contributed by atoms with Crippen LogP contribution in [0.4, 0.5) is 18.9 Å². The SMILES string of the molecule is NC1NNC2CCC(C(=O)N3CCC4(CC3)C(=O)N(CC(=O)NCC(F)(F)F)CN4c3ccccc3)CC12. The highest BCUT2D eigenvalue weighted by Crippen LogP contribution is 2.41. The molecular formula is C25H34F3N7O3. The zero-order chi connectivity index (χ0) is 27.1. The molecule has 1 aliphatic carbocycles. The van der Waals surface area contributed by atoms with Crippen LogP contribution in [0.15, 0.2) is 30.3 Å². The Morgan fingerprint density at radius 1 is 1.11 bits per heavy atom. The molecule has 1 aromatic carbocycles. The van der Waals surface area contributed by atoms with Crippen molar-refractivity contribution in [2.24, 2.45) is 17.6 Å². The summed E-state index contributed by atoms with van der Waals surface area (Å²) in [5.74, 6) is -1.01. The largest absolute Gasteiger partial charge is 0.405 e. The molecule has 0 aromatic heterocycles. The van der Waals surface area contributed by atoms with Crippen LogP contribution < -0.4 is 26.8 Å². The number of hydrogen-bond acceptors (Lipinski definition) is 7. The molecule has 4 fully saturated rings. The molecule has 4 aliphatic rings. The lowest BCUT2D eigenvalue weighted by molar-refractivity contribution is -0.144. The summed E-state index contributed by atoms with van der Waals surface area (Å²) < 4.78 is 37.6. The van der Waals surface area contributed by atoms with E-state index in [-0.39, 0.29) is 42.5 Å². The second kappa shape index (κ2) is 10.3. The number of rotatable bonds is 5. The van der Waals surface area contributed by atoms with Crippen molar-refractivity contribution in [3.8, 4) is 0 Å². The summed E-state index contributed by atoms with van der Waals surface area (Å²) in [5.41, 5.74) is 12.2. The van der Waals surface area contributed by atoms with Gasteiger partial charge in [0, 0.05) is 36.7 Å². The fourth-order valence-corrected chi connectivity index (χ4v) is 6.42. The lowest BCUT2D eigenvalue weighted by atomic mass is 9.76. The fraction of sp³-hybridized carbons (Fsp3) is 0.640. The number of nitrogens with zero attached hydrogens (tertiary/aromatic N) is 3. The van der Waals surface area contributed by atoms with Crippen LogP contribution in [-0.4, -0.2) is 84.3 Å². The Labute approximate surface area is 219 Å². The number of piperidine rings is 1. The van der Waals surface area contributed by atoms with Crippen molar-refractivity contribution < 1.29 is 27.6 Å². The number of carbonyl (C=O) groups is 3. The number of hydrogen-bond donors (Lipinski definition) is 4. The molecule has 3 heterocycles. The van der Waals surface area contributed by atoms with Crippen LogP contribution in [0.3, 0.4) is 0 Å². The molecule has 5 N–H and O–H groups in total. The van der Waals surface area contributed by atoms with Crippen molar-refractivity contribution in [1.82, 2.24) is 26.0 Å². The molecular weight excluding hydrogens is 503 g/mol. The average Bonchev–Trinajstić information content (AvgIpc) is 3.40. The topological polar surface area (TPSA) is 123 Å². The van der Waals surface area contributed by atoms with E-state index in [4.69, 9.17) is 5.73 Å². The number of carbonyl (C=O) groups excluding carboxylic acids is 3. The zero-order valence-corrected chi connectivity index (χ0v) is 21.0. The van der Waals surface area contributed by atoms with E-state index < -0.39 is 30.7 Å². The molecule has 3 aliphatic heterocycles. The predicted molar refractivity (Wildman–Crippen MR) is 132 cm³/mol. The third-order valence-electron chi connectivity index (χ3n) is 8.45. The van der Waals surface area contributed by atoms with Gasteiger partial charge in [-0.1, -0.05) is 18.2 Å². The third-order valence-corrected chi connectivity index (χ3v) is 8.45. The Bertz CT molecular complexity index is 1050. The Hall–Kier alpha value is -2.90. The Morgan fingerprint density at radius 2 is 1.82 bits per heavy atom. The summed E-state index contributed by atoms with van der Waals surface area (Å²) in [7, 11) is 0. The molecule has 1 aromatic rings. The second-order valence-corrected chi connectivity index (χ2v) is 10.8. The Balaban J connectivity index is 1.27. The molecule has 0 bridgehead atoms. The van der Waals surface area contributed by atoms with Crippen molar-refractivity contribution in [2.75, 3.05) is 37.7 Å². The zero-order valence-electron chi connectivity index (χ0n) is 21.0. The summed E-state index contributed by atoms with van der Waals surface area (Å²) in [4.78, 5) is 44.4. The maximum atomic E-state index is 13.7. The number of likely N-dealkylation sites (tertiary alicyclic amines) is 1. The van der Waals surface area contributed by atoms with Crippen LogP contribution in [0, 0.1) is 11.8 Å². The van der Waals surface area contributed by atoms with E-state index in [1.54, 1.807) is 0 Å². The highest BCUT2D eigenvalue weighted by molar-refractivity contribution is 5.96. The molecule has 4 atom stereocenters. The first kappa shape index (κ1) is 26.7. The molecule has 0 radical (unpaired) electrons. The van der Waals surface area contributed by atoms with Gasteiger partial charge >= 0.3 is 6.18 Å². The maximum absolute atomic E-state index is 13.7. The first-order valence-corrected chi connectivity index (χ1v) is 13.1. The number of para-hydroxylation sites is 1. The lowest BCUT2D eigenvalue weighted by Gasteiger charge is -2.44. The maximum Gasteiger partial charge on any atom is 0.405 e. The quantitative estimate of drug-likeness (QED) is 0.432. The first-order chi connectivity index (χ1) is 18.1. The van der Waals surface area contributed by atoms with Gasteiger partial charge in [0.15, 0.2) is 0 Å². The summed E-state index contributed by atoms with van der Waals surface area (Å²) in [6, 6.07) is 9.55. The van der Waals surface area contributed by atoms with E-state index >= 15 is 0 Å². The highest BCUT2D eigenvalue weighted by atomic mass is 19.4. The standard InChI is InChI=1S/C25H34F3N7O3/c26-25(27,28)14-30-20(36)13-34-15-35(17-4-2-1-3-5-17)24(23(34)38)8-10-33(11-9-24)22(37)16-6-7-19-18(12-16)21(29)32-31-19/h1-5,16,18-19,21,31-32H,6-15,29H2,(H,30,36). The number of fused-ring (bicyclic) bond motifs is 1. The van der Waals surface area contributed by atoms with Crippen LogP contribution in [0.25, 0.3) is 0 Å². The number of nitrogens with two attached hydrogens (primary N) is 1. The molecule has 208 valence electrons. The van der Waals surface area contributed by atoms with Crippen LogP contribution in [0.5, 0.6) is 0 Å². The number of halogens is 3. The van der Waals surface area contributed by atoms with Gasteiger partial charge in [0.25, 0.3) is 5.91 Å². The number of benzene rings is 1. The Morgan fingerprint density at radius 3 is 2.50 bits per heavy atom. The number of amides is 3. The van der Waals surface area contributed by atoms with Crippen molar-refractivity contribution in [2.45, 2.75) is 56.0 Å². The smallest absolute Gasteiger partial charge is 0.345 e. The average molecular weight is 538 g/mol. The lowest BCUT2D eigenvalue weighted by Crippen LogP contribution is -2.58. The minimum absolute atomic E-state index is 0.0810. The molecule has 10 nitrogen and oxygen atoms in total. The van der Waals surface area contributed by atoms with Crippen LogP contribution in [0.1, 0.15) is 32.1 Å². The first-order valence-electron chi connectivity index (χ1n) is 13.1. The molecule has 1 spiro atoms. The van der Waals surface area contributed by atoms with E-state index in [0.29, 0.717) is 32.4 Å². The predicted octanol–water partition coefficient (Wildman–Crippen LogP) is 0.510. The van der Waals surface area contributed by atoms with Crippen LogP contribution >= 0.6 is 0 Å². The minimum Gasteiger partial charge on any atom is -0.345 e. The monoisotopic (exact) mass is 537 g/mol. The molecule has 3 amide bonds. The van der Waals surface area contributed by atoms with E-state index in [9.17, 15) is 27.6 Å². The van der Waals surface area contributed by atoms with Crippen LogP contribution in [-0.2, 0) is 14.4 Å². The van der Waals surface area contributed by atoms with Gasteiger partial charge in [-0.05, 0) is 44.2 Å². The molecule has 5 rings (SSSR count). The van der Waals surface area contributed by atoms with E-state index in [0.717, 1.165) is 18.5 Å². The third kappa shape index (κ3) is 5.19. The molecule has 1 saturated carbocycles. The van der Waals surface area contributed by atoms with E-state index in [1.165, 1.54) is 4.90 Å². The van der Waals surface area contributed by atoms with Gasteiger partial charge in [-0.15, -0.1) is 0 Å². The minimum atomic E-state index is -4.53. The number of nitrogens with one attached hydrogen (secondary N) is 3. The van der Waals surface area contributed by atoms with Crippen molar-refractivity contribution in [3.63, 3.8) is 0 Å². The van der Waals surface area contributed by atoms with Gasteiger partial charge in [-0.2, -0.15) is 13.2 Å². The molecule has 3 saturated heterocycles. The normalized spacial score (nSPS) is 29.1. The van der Waals surface area contributed by atoms with E-state index in [1.807, 2.05) is 45.4 Å². The van der Waals surface area contributed by atoms with Gasteiger partial charge in [-0.3, -0.25) is 19.8 Å². The van der Waals surface area contributed by atoms with Gasteiger partial charge < -0.3 is 25.8 Å². The highest BCUT2D eigenvalue weighted by Gasteiger charge is 2.55. The van der Waals surface area contributed by atoms with Gasteiger partial charge in [0.2, 0.25) is 11.8 Å². The molecule has 13 heteroatoms. The van der Waals surface area contributed by atoms with Crippen molar-refractivity contribution in [1.29, 1.82) is 0 Å². The number of alkyl halides is 3. The van der Waals surface area contributed by atoms with Crippen molar-refractivity contribution in [3.05, 3.63) is 30.3 Å². The van der Waals surface area contributed by atoms with Gasteiger partial charge in [-0.25, -0.2) is 5.43 Å². The summed E-state index contributed by atoms with van der Waals surface area (Å²) in [5, 5.41) is 1.85. The van der Waals surface area contributed by atoms with E-state index in [2.05, 4.69) is 10.9 Å². The molecule has 4 unspecified atom stereocenters. The summed E-state index contributed by atoms with van der Waals surface area (Å²) in [6.45, 7) is -1.06. The molecule has 38 heavy (non-hydrogen) atoms. The second-order valence-electron chi connectivity index (χ2n) is 10.8. The van der Waals surface area contributed by atoms with Crippen LogP contribution in [0.2, 0.25) is 0 Å². The van der Waals surface area contributed by atoms with Crippen molar-refractivity contribution >= 4 is 23.4 Å². The fourth-order valence-electron chi connectivity index (χ4n) is 6.42. The van der Waals surface area contributed by atoms with Gasteiger partial charge in [0.1, 0.15) is 18.6 Å². The number of anilines is 1. The Kier molecular flexibility index (Phi) is 7.27.